The quantitative estimate of drug-likeness (QED) is 0.454. The van der Waals surface area contributed by atoms with Crippen LogP contribution in [0.3, 0.4) is 0 Å². The Morgan fingerprint density at radius 2 is 1.40 bits per heavy atom. The van der Waals surface area contributed by atoms with E-state index in [0.29, 0.717) is 0 Å². The zero-order valence-electron chi connectivity index (χ0n) is 2.29. The van der Waals surface area contributed by atoms with Gasteiger partial charge in [-0.2, -0.15) is 0 Å². The molecular weight excluding hydrogens is 130 g/mol. The second-order valence-electron chi connectivity index (χ2n) is 0.0745. The molecule has 1 atom stereocenters. The Morgan fingerprint density at radius 3 is 1.40 bits per heavy atom. The molecule has 0 spiro atoms. The van der Waals surface area contributed by atoms with Crippen molar-refractivity contribution in [3.63, 3.8) is 0 Å². The van der Waals surface area contributed by atoms with Crippen molar-refractivity contribution in [1.29, 1.82) is 0 Å². The van der Waals surface area contributed by atoms with E-state index in [2.05, 4.69) is 0 Å². The molecule has 0 saturated carbocycles. The van der Waals surface area contributed by atoms with Crippen LogP contribution in [0, 0.1) is 0 Å². The van der Waals surface area contributed by atoms with Crippen molar-refractivity contribution < 1.29 is 28.4 Å². The van der Waals surface area contributed by atoms with E-state index < -0.39 is 16.2 Å². The fraction of sp³-hybridized carbons (Fsp3) is 0. The van der Waals surface area contributed by atoms with Gasteiger partial charge in [-0.1, -0.05) is 0 Å². The summed E-state index contributed by atoms with van der Waals surface area (Å²) in [5.74, 6) is 0. The molecule has 0 saturated heterocycles. The van der Waals surface area contributed by atoms with E-state index in [1.54, 1.807) is 0 Å². The summed E-state index contributed by atoms with van der Waals surface area (Å²) < 4.78 is 16.9. The second kappa shape index (κ2) is 23.6. The standard InChI is InChI=1S/H3OP.2O.V/c1-2;;;/h1H,2H2;;;. The molecule has 0 fully saturated rings. The van der Waals surface area contributed by atoms with Crippen molar-refractivity contribution >= 4 is 9.47 Å². The van der Waals surface area contributed by atoms with E-state index >= 15 is 0 Å². The van der Waals surface area contributed by atoms with Crippen LogP contribution in [0.5, 0.6) is 0 Å². The minimum atomic E-state index is -1.81. The summed E-state index contributed by atoms with van der Waals surface area (Å²) in [6.45, 7) is 0. The second-order valence-corrected chi connectivity index (χ2v) is 0.307. The molecule has 1 N–H and O–H groups in total. The third-order valence-corrected chi connectivity index (χ3v) is 0. The summed E-state index contributed by atoms with van der Waals surface area (Å²) >= 11 is -1.81. The van der Waals surface area contributed by atoms with Gasteiger partial charge in [0.1, 0.15) is 0 Å². The van der Waals surface area contributed by atoms with E-state index in [1.807, 2.05) is 0 Å². The maximum absolute atomic E-state index is 8.47. The molecule has 0 aromatic carbocycles. The first-order valence-electron chi connectivity index (χ1n) is 0.623. The molecule has 0 radical (unpaired) electrons. The van der Waals surface area contributed by atoms with Crippen molar-refractivity contribution in [2.45, 2.75) is 0 Å². The molecule has 31 valence electrons. The normalized spacial score (nSPS) is 2.80. The van der Waals surface area contributed by atoms with Gasteiger partial charge >= 0.3 is 23.5 Å². The van der Waals surface area contributed by atoms with Gasteiger partial charge in [0.15, 0.2) is 0 Å². The average molecular weight is 133 g/mol. The van der Waals surface area contributed by atoms with Gasteiger partial charge in [0, 0.05) is 0 Å². The van der Waals surface area contributed by atoms with Gasteiger partial charge in [-0.3, -0.25) is 0 Å². The average Bonchev–Trinajstić information content (AvgIpc) is 1.46. The molecule has 0 amide bonds. The van der Waals surface area contributed by atoms with Gasteiger partial charge in [0.25, 0.3) is 0 Å². The van der Waals surface area contributed by atoms with Crippen molar-refractivity contribution in [3.05, 3.63) is 0 Å². The molecule has 0 bridgehead atoms. The summed E-state index contributed by atoms with van der Waals surface area (Å²) in [5, 5.41) is 0. The van der Waals surface area contributed by atoms with Gasteiger partial charge in [-0.05, 0) is 9.47 Å². The van der Waals surface area contributed by atoms with Crippen molar-refractivity contribution in [1.82, 2.24) is 0 Å². The third-order valence-electron chi connectivity index (χ3n) is 0. The molecule has 0 heterocycles. The van der Waals surface area contributed by atoms with Crippen LogP contribution < -0.4 is 0 Å². The fourth-order valence-electron chi connectivity index (χ4n) is 0. The van der Waals surface area contributed by atoms with Crippen molar-refractivity contribution in [2.75, 3.05) is 0 Å². The van der Waals surface area contributed by atoms with Crippen LogP contribution in [0.15, 0.2) is 0 Å². The Morgan fingerprint density at radius 1 is 1.40 bits per heavy atom. The molecule has 5 heavy (non-hydrogen) atoms. The van der Waals surface area contributed by atoms with Gasteiger partial charge < -0.3 is 4.89 Å². The zero-order valence-corrected chi connectivity index (χ0v) is 4.84. The minimum absolute atomic E-state index is 1.42. The van der Waals surface area contributed by atoms with Crippen molar-refractivity contribution in [2.24, 2.45) is 0 Å². The molecular formula is H3O3PV. The first-order chi connectivity index (χ1) is 2.41. The van der Waals surface area contributed by atoms with Crippen LogP contribution >= 0.6 is 9.47 Å². The molecule has 0 aromatic rings. The molecule has 0 aliphatic rings. The van der Waals surface area contributed by atoms with Gasteiger partial charge in [0.05, 0.1) is 0 Å². The van der Waals surface area contributed by atoms with E-state index in [1.165, 1.54) is 9.47 Å². The topological polar surface area (TPSA) is 54.4 Å². The monoisotopic (exact) mass is 133 g/mol. The Hall–Kier alpha value is 0.574. The van der Waals surface area contributed by atoms with E-state index in [0.717, 1.165) is 0 Å². The molecule has 3 nitrogen and oxygen atoms in total. The summed E-state index contributed by atoms with van der Waals surface area (Å²) in [4.78, 5) is 6.92. The van der Waals surface area contributed by atoms with Crippen LogP contribution in [-0.2, 0) is 23.5 Å². The Bertz CT molecular complexity index is 27.9. The van der Waals surface area contributed by atoms with Crippen LogP contribution in [0.1, 0.15) is 0 Å². The molecule has 0 rings (SSSR count). The van der Waals surface area contributed by atoms with Crippen LogP contribution in [0.25, 0.3) is 0 Å². The van der Waals surface area contributed by atoms with E-state index in [-0.39, 0.29) is 0 Å². The zero-order chi connectivity index (χ0) is 4.71. The van der Waals surface area contributed by atoms with Gasteiger partial charge in [0.2, 0.25) is 0 Å². The van der Waals surface area contributed by atoms with Crippen molar-refractivity contribution in [3.8, 4) is 0 Å². The van der Waals surface area contributed by atoms with Gasteiger partial charge in [-0.15, -0.1) is 0 Å². The summed E-state index contributed by atoms with van der Waals surface area (Å²) in [5.41, 5.74) is 0. The SMILES string of the molecule is OP.[O]=[V]=[O]. The predicted molar refractivity (Wildman–Crippen MR) is 13.3 cm³/mol. The predicted octanol–water partition coefficient (Wildman–Crippen LogP) is -0.471. The van der Waals surface area contributed by atoms with Crippen LogP contribution in [0.2, 0.25) is 0 Å². The first-order valence-corrected chi connectivity index (χ1v) is 2.28. The molecule has 5 heteroatoms. The van der Waals surface area contributed by atoms with E-state index in [9.17, 15) is 0 Å². The number of rotatable bonds is 0. The molecule has 0 aliphatic heterocycles. The van der Waals surface area contributed by atoms with Crippen LogP contribution in [0.4, 0.5) is 0 Å². The Balaban J connectivity index is 0. The van der Waals surface area contributed by atoms with E-state index in [4.69, 9.17) is 12.2 Å². The number of hydrogen-bond donors (Lipinski definition) is 1. The van der Waals surface area contributed by atoms with Crippen LogP contribution in [-0.4, -0.2) is 4.89 Å². The molecule has 1 unspecified atom stereocenters. The summed E-state index contributed by atoms with van der Waals surface area (Å²) in [6.07, 6.45) is 0. The maximum atomic E-state index is 8.47. The van der Waals surface area contributed by atoms with Gasteiger partial charge in [-0.25, -0.2) is 0 Å². The summed E-state index contributed by atoms with van der Waals surface area (Å²) in [6, 6.07) is 0. The first kappa shape index (κ1) is 9.13. The fourth-order valence-corrected chi connectivity index (χ4v) is 0. The third kappa shape index (κ3) is 91.9. The Kier molecular flexibility index (Phi) is 43.1. The molecule has 0 aliphatic carbocycles. The molecule has 0 aromatic heterocycles. The Labute approximate surface area is 38.6 Å². The summed E-state index contributed by atoms with van der Waals surface area (Å²) in [7, 11) is 1.42. The number of hydrogen-bond acceptors (Lipinski definition) is 3.